The van der Waals surface area contributed by atoms with Crippen molar-refractivity contribution in [2.75, 3.05) is 50.9 Å². The van der Waals surface area contributed by atoms with E-state index in [2.05, 4.69) is 67.4 Å². The topological polar surface area (TPSA) is 519 Å². The average Bonchev–Trinajstić information content (AvgIpc) is 0.714. The first-order chi connectivity index (χ1) is 55.2. The number of aromatic hydroxyl groups is 4. The van der Waals surface area contributed by atoms with Gasteiger partial charge in [0.05, 0.1) is 107 Å². The van der Waals surface area contributed by atoms with Crippen LogP contribution in [0.3, 0.4) is 0 Å². The van der Waals surface area contributed by atoms with Crippen molar-refractivity contribution in [1.29, 1.82) is 0 Å². The summed E-state index contributed by atoms with van der Waals surface area (Å²) in [5.74, 6) is -7.38. The third-order valence-corrected chi connectivity index (χ3v) is 21.7. The molecule has 2 heterocycles. The number of nitrogens with one attached hydrogen (secondary N) is 2. The molecule has 19 N–H and O–H groups in total. The van der Waals surface area contributed by atoms with E-state index in [0.29, 0.717) is 18.6 Å². The number of rotatable bonds is 21. The number of hydrogen-bond donors (Lipinski definition) is 16. The minimum Gasteiger partial charge on any atom is -0.507 e. The van der Waals surface area contributed by atoms with E-state index in [4.69, 9.17) is 97.8 Å². The van der Waals surface area contributed by atoms with E-state index in [1.165, 1.54) is 57.5 Å². The van der Waals surface area contributed by atoms with Crippen molar-refractivity contribution >= 4 is 167 Å². The van der Waals surface area contributed by atoms with Gasteiger partial charge in [0.2, 0.25) is 23.4 Å². The number of fused-ring (bicyclic) bond motifs is 6. The number of primary amides is 2. The van der Waals surface area contributed by atoms with Crippen molar-refractivity contribution in [1.82, 2.24) is 10.6 Å². The summed E-state index contributed by atoms with van der Waals surface area (Å²) >= 11 is 32.9. The van der Waals surface area contributed by atoms with Gasteiger partial charge in [-0.3, -0.25) is 43.2 Å². The molecule has 0 bridgehead atoms. The van der Waals surface area contributed by atoms with E-state index in [1.54, 1.807) is 27.9 Å². The number of phenolic OH excluding ortho intramolecular Hbond substituents is 4. The lowest BCUT2D eigenvalue weighted by Gasteiger charge is -2.42. The monoisotopic (exact) mass is 2010 g/mol. The number of carbonyl (C=O) groups excluding carboxylic acids is 9. The molecular weight excluding hydrogens is 1900 g/mol. The van der Waals surface area contributed by atoms with Crippen LogP contribution in [0.15, 0.2) is 36.4 Å². The van der Waals surface area contributed by atoms with Crippen molar-refractivity contribution in [3.8, 4) is 34.5 Å². The van der Waals surface area contributed by atoms with E-state index in [1.807, 2.05) is 69.2 Å². The summed E-state index contributed by atoms with van der Waals surface area (Å²) in [5.41, 5.74) is 14.5. The molecule has 8 unspecified atom stereocenters. The first-order valence-electron chi connectivity index (χ1n) is 37.8. The van der Waals surface area contributed by atoms with Crippen LogP contribution in [0.2, 0.25) is 0 Å². The molecule has 30 nitrogen and oxygen atoms in total. The number of benzene rings is 4. The van der Waals surface area contributed by atoms with Crippen molar-refractivity contribution in [3.63, 3.8) is 0 Å². The van der Waals surface area contributed by atoms with Crippen molar-refractivity contribution in [3.05, 3.63) is 103 Å². The van der Waals surface area contributed by atoms with Crippen molar-refractivity contribution < 1.29 is 118 Å². The number of halogens is 7. The third kappa shape index (κ3) is 28.5. The van der Waals surface area contributed by atoms with E-state index in [-0.39, 0.29) is 136 Å². The van der Waals surface area contributed by atoms with Crippen LogP contribution in [0.1, 0.15) is 242 Å². The number of alkyl halides is 5. The van der Waals surface area contributed by atoms with Crippen LogP contribution in [0.25, 0.3) is 0 Å². The Balaban J connectivity index is 0.000000869. The second-order valence-corrected chi connectivity index (χ2v) is 36.2. The molecule has 14 atom stereocenters. The lowest BCUT2D eigenvalue weighted by Crippen LogP contribution is -2.53. The highest BCUT2D eigenvalue weighted by Gasteiger charge is 2.53. The minimum absolute atomic E-state index is 0. The molecule has 6 aliphatic rings. The van der Waals surface area contributed by atoms with Gasteiger partial charge in [0.1, 0.15) is 51.3 Å². The van der Waals surface area contributed by atoms with E-state index >= 15 is 0 Å². The molecule has 4 aromatic rings. The smallest absolute Gasteiger partial charge is 0.266 e. The van der Waals surface area contributed by atoms with Crippen molar-refractivity contribution in [2.45, 2.75) is 250 Å². The van der Waals surface area contributed by atoms with Crippen LogP contribution in [-0.4, -0.2) is 230 Å². The molecule has 0 saturated carbocycles. The summed E-state index contributed by atoms with van der Waals surface area (Å²) in [4.78, 5) is 114. The molecule has 4 aromatic carbocycles. The number of aliphatic hydroxyl groups excluding tert-OH is 2. The molecule has 121 heavy (non-hydrogen) atoms. The van der Waals surface area contributed by atoms with E-state index in [9.17, 15) is 89.1 Å². The quantitative estimate of drug-likeness (QED) is 0.0181. The number of Topliss-reactive ketones (excluding diaryl/α,β-unsaturated/α-hetero) is 3. The second-order valence-electron chi connectivity index (χ2n) is 30.8. The highest BCUT2D eigenvalue weighted by atomic mass is 80.9. The summed E-state index contributed by atoms with van der Waals surface area (Å²) in [6.45, 7) is 24.6. The number of phenols is 4. The number of carbonyl (C=O) groups is 9. The van der Waals surface area contributed by atoms with Gasteiger partial charge in [-0.1, -0.05) is 171 Å². The number of ketones is 7. The number of methoxy groups -OCH3 is 2. The van der Waals surface area contributed by atoms with Gasteiger partial charge >= 0.3 is 0 Å². The number of hydrogen-bond acceptors (Lipinski definition) is 30. The molecule has 2 fully saturated rings. The van der Waals surface area contributed by atoms with Crippen LogP contribution in [-0.2, 0) is 55.8 Å². The predicted molar refractivity (Wildman–Crippen MR) is 482 cm³/mol. The zero-order valence-corrected chi connectivity index (χ0v) is 78.8. The number of thioether (sulfide) groups is 1. The van der Waals surface area contributed by atoms with Crippen LogP contribution in [0.5, 0.6) is 34.5 Å². The number of likely N-dealkylation sites (N-methyl/N-ethyl adjacent to an activating group) is 2. The lowest BCUT2D eigenvalue weighted by atomic mass is 9.72. The molecule has 0 radical (unpaired) electrons. The fraction of sp³-hybridized carbons (Fsp3) is 0.598. The zero-order valence-electron chi connectivity index (χ0n) is 69.3. The van der Waals surface area contributed by atoms with E-state index < -0.39 is 193 Å². The van der Waals surface area contributed by atoms with Gasteiger partial charge in [-0.2, -0.15) is 24.4 Å². The van der Waals surface area contributed by atoms with Gasteiger partial charge in [-0.15, -0.1) is 0 Å². The normalized spacial score (nSPS) is 23.4. The Hall–Kier alpha value is -4.91. The number of aliphatic hydroxyl groups is 5. The van der Waals surface area contributed by atoms with Gasteiger partial charge in [0.25, 0.3) is 3.25 Å². The van der Waals surface area contributed by atoms with Crippen LogP contribution in [0.4, 0.5) is 0 Å². The maximum absolute atomic E-state index is 13.8. The highest BCUT2D eigenvalue weighted by Crippen LogP contribution is 2.55. The molecule has 2 aliphatic heterocycles. The maximum Gasteiger partial charge on any atom is 0.266 e. The molecule has 10 rings (SSSR count). The molecule has 39 heteroatoms. The molecule has 2 saturated heterocycles. The Morgan fingerprint density at radius 3 is 1.25 bits per heavy atom. The Morgan fingerprint density at radius 1 is 0.620 bits per heavy atom. The lowest BCUT2D eigenvalue weighted by molar-refractivity contribution is -0.247. The number of amides is 2. The summed E-state index contributed by atoms with van der Waals surface area (Å²) in [6, 6.07) is 6.37. The Kier molecular flexibility index (Phi) is 46.1. The van der Waals surface area contributed by atoms with Gasteiger partial charge in [-0.25, -0.2) is 0 Å². The molecule has 2 amide bonds. The Morgan fingerprint density at radius 2 is 0.959 bits per heavy atom. The SMILES string of the molecule is BrBr.C.C.CC.CC.CC(C)(C)CC(O)(CC(C)(C)C)C(=O)CBr.CN[C@@H](CS)C(N)=O.CN[C@@H](CSCC(=O)[C@]1(O)Cc2c(O)c3c(c(O)c2[C@@H](OC2CC(N)C(O)C(C)O2)C1)C(=O)c1c(OC)cccc1C3=O)C(N)=O.COc1cccc2c1C(=O)c1c(O)c3c(c(O)c1C2=O)C[C@@](O)(C(C)=O)C[C@@H]3OC1CC(N)C(O)C(C)O1.ClC(Cl)(Cl)Cl. The molecule has 0 spiro atoms. The van der Waals surface area contributed by atoms with Crippen LogP contribution in [0, 0.1) is 10.8 Å². The standard InChI is InChI=1S/C31H37N3O11S.C27H29NO10.C13H25BrO2.C4H10N2OS.2C2H6.CCl4.2CH4.Br2/c1-12-25(36)15(32)7-20(44-12)45-18-9-31(42,19(35)11-46-10-16(34-2)30(33)41)8-14-22(18)29(40)24-23(27(14)38)26(37)13-5-4-6-17(43-3)21(13)28(24)39;1-10-22(30)14(28)7-17(37-10)38-16-9-27(35,11(2)29)8-13-19(16)26(34)21-20(24(13)32)23(31)12-5-4-6-15(36-3)18(12)25(21)33;1-11(2,3)8-13(16,10(15)7-14)9-12(4,5)6;1-6-3(2-8)4(5)7;2*1-2;2-1(3,4)5;;;1-2/h4-6,12,15-16,18,20,25,34,36,38,40,42H,7-11,32H2,1-3H3,(H2,33,41);4-6,10,14,16-17,22,30,32,34-35H,7-9,28H2,1-3H3;16H,7-9H2,1-6H3;3,6,8H,2H2,1H3,(H2,5,7);2*1-2H3;;2*1H4;/t12?,15?,16-,18-,20?,25?,31-;10?,14?,16-,17?,22?,27-;;3-;;;;;;/m00.0....../s1. The number of ether oxygens (including phenoxy) is 6. The van der Waals surface area contributed by atoms with Gasteiger partial charge in [-0.05, 0) is 70.7 Å². The fourth-order valence-corrected chi connectivity index (χ4v) is 16.5. The Labute approximate surface area is 761 Å². The summed E-state index contributed by atoms with van der Waals surface area (Å²) in [7, 11) is 5.88. The first-order valence-corrected chi connectivity index (χ1v) is 45.9. The van der Waals surface area contributed by atoms with Gasteiger partial charge < -0.3 is 108 Å². The second kappa shape index (κ2) is 48.9. The predicted octanol–water partition coefficient (Wildman–Crippen LogP) is 11.0. The van der Waals surface area contributed by atoms with Crippen LogP contribution >= 0.6 is 115 Å². The van der Waals surface area contributed by atoms with Gasteiger partial charge in [0.15, 0.2) is 41.5 Å². The van der Waals surface area contributed by atoms with Crippen molar-refractivity contribution in [2.24, 2.45) is 33.8 Å². The third-order valence-electron chi connectivity index (χ3n) is 19.8. The zero-order chi connectivity index (χ0) is 91.6. The summed E-state index contributed by atoms with van der Waals surface area (Å²) in [5, 5.41) is 106. The number of nitrogens with two attached hydrogens (primary N) is 4. The molecule has 684 valence electrons. The van der Waals surface area contributed by atoms with E-state index in [0.717, 1.165) is 11.8 Å². The Bertz CT molecular complexity index is 4220. The molecule has 0 aromatic heterocycles. The fourth-order valence-electron chi connectivity index (χ4n) is 14.4. The number of thiol groups is 1. The van der Waals surface area contributed by atoms with Gasteiger partial charge in [0, 0.05) is 124 Å². The average molecular weight is 2020 g/mol. The minimum atomic E-state index is -2.17. The summed E-state index contributed by atoms with van der Waals surface area (Å²) < 4.78 is 32.7. The van der Waals surface area contributed by atoms with Crippen LogP contribution < -0.4 is 43.0 Å². The molecule has 4 aliphatic carbocycles. The highest BCUT2D eigenvalue weighted by molar-refractivity contribution is 9.93. The summed E-state index contributed by atoms with van der Waals surface area (Å²) in [6.07, 6.45) is -8.60. The first kappa shape index (κ1) is 114. The molecular formula is C82H121Br3Cl4N6O24S2. The maximum atomic E-state index is 13.8. The largest absolute Gasteiger partial charge is 0.507 e.